The average molecular weight is 259 g/mol. The van der Waals surface area contributed by atoms with Crippen molar-refractivity contribution in [2.45, 2.75) is 31.1 Å². The van der Waals surface area contributed by atoms with Crippen molar-refractivity contribution >= 4 is 23.6 Å². The Labute approximate surface area is 105 Å². The lowest BCUT2D eigenvalue weighted by atomic mass is 10.1. The van der Waals surface area contributed by atoms with Gasteiger partial charge in [-0.25, -0.2) is 0 Å². The van der Waals surface area contributed by atoms with E-state index in [1.54, 1.807) is 13.8 Å². The molecule has 0 aliphatic rings. The molecule has 0 spiro atoms. The lowest BCUT2D eigenvalue weighted by Crippen LogP contribution is -2.47. The highest BCUT2D eigenvalue weighted by atomic mass is 32.2. The molecule has 0 bridgehead atoms. The zero-order chi connectivity index (χ0) is 13.5. The van der Waals surface area contributed by atoms with Crippen LogP contribution in [0.25, 0.3) is 0 Å². The number of nitrogens with zero attached hydrogens (tertiary/aromatic N) is 1. The number of carboxylic acid groups (broad SMARTS) is 1. The van der Waals surface area contributed by atoms with E-state index in [4.69, 9.17) is 16.1 Å². The number of hydrogen-bond acceptors (Lipinski definition) is 5. The Bertz CT molecular complexity index is 325. The molecular formula is C10H17N3O3S. The molecule has 1 atom stereocenters. The number of thioether (sulfide) groups is 1. The number of hydrogen-bond donors (Lipinski definition) is 3. The minimum absolute atomic E-state index is 0.124. The number of carboxylic acids is 1. The summed E-state index contributed by atoms with van der Waals surface area (Å²) in [6, 6.07) is 0.881. The smallest absolute Gasteiger partial charge is 0.321 e. The molecule has 0 unspecified atom stereocenters. The first-order valence-electron chi connectivity index (χ1n) is 5.07. The largest absolute Gasteiger partial charge is 0.480 e. The van der Waals surface area contributed by atoms with Gasteiger partial charge < -0.3 is 16.2 Å². The van der Waals surface area contributed by atoms with Gasteiger partial charge in [0, 0.05) is 11.3 Å². The number of nitrogens with one attached hydrogen (secondary N) is 1. The summed E-state index contributed by atoms with van der Waals surface area (Å²) < 4.78 is -0.724. The summed E-state index contributed by atoms with van der Waals surface area (Å²) in [5.74, 6) is -1.19. The lowest BCUT2D eigenvalue weighted by molar-refractivity contribution is -0.139. The zero-order valence-electron chi connectivity index (χ0n) is 9.90. The molecular weight excluding hydrogens is 242 g/mol. The molecule has 0 radical (unpaired) electrons. The maximum absolute atomic E-state index is 11.3. The van der Waals surface area contributed by atoms with Gasteiger partial charge in [-0.2, -0.15) is 5.26 Å². The molecule has 0 saturated carbocycles. The van der Waals surface area contributed by atoms with Crippen molar-refractivity contribution in [1.29, 1.82) is 5.26 Å². The van der Waals surface area contributed by atoms with Crippen LogP contribution >= 0.6 is 11.8 Å². The van der Waals surface area contributed by atoms with Gasteiger partial charge in [0.2, 0.25) is 5.91 Å². The first-order valence-corrected chi connectivity index (χ1v) is 6.06. The van der Waals surface area contributed by atoms with Crippen molar-refractivity contribution in [3.63, 3.8) is 0 Å². The maximum Gasteiger partial charge on any atom is 0.321 e. The Kier molecular flexibility index (Phi) is 6.61. The number of carbonyl (C=O) groups is 2. The van der Waals surface area contributed by atoms with Crippen LogP contribution in [0, 0.1) is 11.3 Å². The first kappa shape index (κ1) is 15.7. The molecule has 0 fully saturated rings. The zero-order valence-corrected chi connectivity index (χ0v) is 10.7. The summed E-state index contributed by atoms with van der Waals surface area (Å²) in [5.41, 5.74) is 5.51. The van der Waals surface area contributed by atoms with Crippen LogP contribution in [0.2, 0.25) is 0 Å². The number of aliphatic carboxylic acids is 1. The summed E-state index contributed by atoms with van der Waals surface area (Å²) in [5, 5.41) is 19.6. The highest BCUT2D eigenvalue weighted by Crippen LogP contribution is 2.27. The molecule has 6 nitrogen and oxygen atoms in total. The second-order valence-corrected chi connectivity index (χ2v) is 5.60. The van der Waals surface area contributed by atoms with Crippen LogP contribution in [0.1, 0.15) is 20.3 Å². The molecule has 0 aromatic rings. The van der Waals surface area contributed by atoms with Crippen LogP contribution in [0.5, 0.6) is 0 Å². The van der Waals surface area contributed by atoms with E-state index in [0.717, 1.165) is 0 Å². The fraction of sp³-hybridized carbons (Fsp3) is 0.700. The predicted molar refractivity (Wildman–Crippen MR) is 65.4 cm³/mol. The van der Waals surface area contributed by atoms with Crippen LogP contribution in [-0.2, 0) is 9.59 Å². The van der Waals surface area contributed by atoms with E-state index in [-0.39, 0.29) is 18.1 Å². The van der Waals surface area contributed by atoms with Crippen molar-refractivity contribution < 1.29 is 14.7 Å². The molecule has 96 valence electrons. The van der Waals surface area contributed by atoms with Crippen LogP contribution in [0.4, 0.5) is 0 Å². The number of nitriles is 1. The Morgan fingerprint density at radius 2 is 2.18 bits per heavy atom. The number of carbonyl (C=O) groups excluding carboxylic acids is 1. The third-order valence-corrected chi connectivity index (χ3v) is 3.55. The first-order chi connectivity index (χ1) is 7.81. The van der Waals surface area contributed by atoms with E-state index in [0.29, 0.717) is 6.54 Å². The summed E-state index contributed by atoms with van der Waals surface area (Å²) in [6.07, 6.45) is 0.258. The van der Waals surface area contributed by atoms with Gasteiger partial charge >= 0.3 is 5.97 Å². The van der Waals surface area contributed by atoms with Crippen LogP contribution in [0.15, 0.2) is 0 Å². The lowest BCUT2D eigenvalue weighted by Gasteiger charge is -2.27. The molecule has 7 heteroatoms. The van der Waals surface area contributed by atoms with Crippen molar-refractivity contribution in [2.24, 2.45) is 5.73 Å². The monoisotopic (exact) mass is 259 g/mol. The molecule has 0 aromatic heterocycles. The fourth-order valence-corrected chi connectivity index (χ4v) is 1.83. The summed E-state index contributed by atoms with van der Waals surface area (Å²) >= 11 is 1.18. The second-order valence-electron chi connectivity index (χ2n) is 3.97. The highest BCUT2D eigenvalue weighted by Gasteiger charge is 2.32. The van der Waals surface area contributed by atoms with E-state index in [1.807, 2.05) is 6.07 Å². The maximum atomic E-state index is 11.3. The Balaban J connectivity index is 4.05. The van der Waals surface area contributed by atoms with Gasteiger partial charge in [0.1, 0.15) is 6.04 Å². The summed E-state index contributed by atoms with van der Waals surface area (Å²) in [7, 11) is 0. The topological polar surface area (TPSA) is 116 Å². The van der Waals surface area contributed by atoms with Gasteiger partial charge in [-0.3, -0.25) is 9.59 Å². The van der Waals surface area contributed by atoms with Crippen molar-refractivity contribution in [2.75, 3.05) is 12.3 Å². The molecule has 0 aromatic carbocycles. The molecule has 0 heterocycles. The van der Waals surface area contributed by atoms with E-state index < -0.39 is 16.8 Å². The van der Waals surface area contributed by atoms with Gasteiger partial charge in [-0.15, -0.1) is 11.8 Å². The SMILES string of the molecule is CC(C)(SCC(=O)NCCC#N)[C@@H](N)C(=O)O. The molecule has 17 heavy (non-hydrogen) atoms. The molecule has 0 aliphatic heterocycles. The van der Waals surface area contributed by atoms with Crippen molar-refractivity contribution in [3.8, 4) is 6.07 Å². The highest BCUT2D eigenvalue weighted by molar-refractivity contribution is 8.01. The minimum Gasteiger partial charge on any atom is -0.480 e. The fourth-order valence-electron chi connectivity index (χ4n) is 0.948. The Morgan fingerprint density at radius 3 is 2.65 bits per heavy atom. The minimum atomic E-state index is -1.09. The Morgan fingerprint density at radius 1 is 1.59 bits per heavy atom. The van der Waals surface area contributed by atoms with Crippen LogP contribution in [0.3, 0.4) is 0 Å². The summed E-state index contributed by atoms with van der Waals surface area (Å²) in [4.78, 5) is 22.1. The van der Waals surface area contributed by atoms with Crippen LogP contribution in [-0.4, -0.2) is 40.1 Å². The molecule has 4 N–H and O–H groups in total. The third-order valence-electron chi connectivity index (χ3n) is 2.15. The van der Waals surface area contributed by atoms with Crippen molar-refractivity contribution in [3.05, 3.63) is 0 Å². The van der Waals surface area contributed by atoms with Gasteiger partial charge in [-0.05, 0) is 13.8 Å². The molecule has 1 amide bonds. The average Bonchev–Trinajstić information content (AvgIpc) is 2.25. The summed E-state index contributed by atoms with van der Waals surface area (Å²) in [6.45, 7) is 3.67. The molecule has 0 rings (SSSR count). The van der Waals surface area contributed by atoms with E-state index in [2.05, 4.69) is 5.32 Å². The number of nitrogens with two attached hydrogens (primary N) is 1. The predicted octanol–water partition coefficient (Wildman–Crippen LogP) is -0.0600. The quantitative estimate of drug-likeness (QED) is 0.551. The third kappa shape index (κ3) is 6.14. The second kappa shape index (κ2) is 7.14. The van der Waals surface area contributed by atoms with E-state index in [9.17, 15) is 9.59 Å². The van der Waals surface area contributed by atoms with Gasteiger partial charge in [0.15, 0.2) is 0 Å². The van der Waals surface area contributed by atoms with Crippen molar-refractivity contribution in [1.82, 2.24) is 5.32 Å². The van der Waals surface area contributed by atoms with Gasteiger partial charge in [-0.1, -0.05) is 0 Å². The number of amides is 1. The Hall–Kier alpha value is -1.26. The normalized spacial score (nSPS) is 12.6. The van der Waals surface area contributed by atoms with E-state index >= 15 is 0 Å². The molecule has 0 aliphatic carbocycles. The van der Waals surface area contributed by atoms with Gasteiger partial charge in [0.05, 0.1) is 18.2 Å². The number of rotatable bonds is 7. The standard InChI is InChI=1S/C10H17N3O3S/c1-10(2,8(12)9(15)16)17-6-7(14)13-5-3-4-11/h8H,3,5-6,12H2,1-2H3,(H,13,14)(H,15,16)/t8-/m0/s1. The molecule has 0 saturated heterocycles. The van der Waals surface area contributed by atoms with E-state index in [1.165, 1.54) is 11.8 Å². The van der Waals surface area contributed by atoms with Gasteiger partial charge in [0.25, 0.3) is 0 Å². The van der Waals surface area contributed by atoms with Crippen LogP contribution < -0.4 is 11.1 Å².